The Bertz CT molecular complexity index is 841. The number of rotatable bonds is 4. The van der Waals surface area contributed by atoms with Gasteiger partial charge in [-0.2, -0.15) is 9.61 Å². The van der Waals surface area contributed by atoms with Gasteiger partial charge in [0.05, 0.1) is 0 Å². The molecule has 0 aliphatic heterocycles. The molecule has 1 amide bonds. The van der Waals surface area contributed by atoms with Crippen molar-refractivity contribution in [2.75, 3.05) is 5.32 Å². The molecule has 8 heteroatoms. The molecule has 0 saturated heterocycles. The Morgan fingerprint density at radius 3 is 2.91 bits per heavy atom. The third-order valence-electron chi connectivity index (χ3n) is 3.22. The molecule has 0 unspecified atom stereocenters. The highest BCUT2D eigenvalue weighted by Gasteiger charge is 2.11. The van der Waals surface area contributed by atoms with E-state index in [-0.39, 0.29) is 5.91 Å². The molecule has 1 aromatic carbocycles. The Balaban J connectivity index is 1.62. The highest BCUT2D eigenvalue weighted by atomic mass is 79.9. The first-order chi connectivity index (χ1) is 10.5. The number of fused-ring (bicyclic) bond motifs is 1. The summed E-state index contributed by atoms with van der Waals surface area (Å²) in [5, 5.41) is 16.2. The zero-order valence-corrected chi connectivity index (χ0v) is 14.5. The van der Waals surface area contributed by atoms with Crippen LogP contribution in [0.1, 0.15) is 22.8 Å². The number of anilines is 1. The second kappa shape index (κ2) is 6.13. The van der Waals surface area contributed by atoms with E-state index < -0.39 is 0 Å². The molecule has 0 saturated carbocycles. The number of carbonyl (C=O) groups is 1. The van der Waals surface area contributed by atoms with Crippen LogP contribution in [0, 0.1) is 13.8 Å². The van der Waals surface area contributed by atoms with Crippen LogP contribution in [0.2, 0.25) is 0 Å². The van der Waals surface area contributed by atoms with Gasteiger partial charge in [-0.3, -0.25) is 4.79 Å². The molecular weight excluding hydrogens is 366 g/mol. The van der Waals surface area contributed by atoms with Gasteiger partial charge >= 0.3 is 0 Å². The quantitative estimate of drug-likeness (QED) is 0.755. The summed E-state index contributed by atoms with van der Waals surface area (Å²) in [4.78, 5) is 12.8. The Morgan fingerprint density at radius 2 is 2.18 bits per heavy atom. The molecule has 0 spiro atoms. The van der Waals surface area contributed by atoms with Crippen LogP contribution in [0.15, 0.2) is 22.7 Å². The SMILES string of the molecule is Cc1cc(Br)ccc1NC(=O)CCc1nn2c(C)nnc2s1. The summed E-state index contributed by atoms with van der Waals surface area (Å²) in [5.74, 6) is 0.737. The Kier molecular flexibility index (Phi) is 4.21. The molecule has 0 aliphatic rings. The lowest BCUT2D eigenvalue weighted by molar-refractivity contribution is -0.116. The molecular formula is C14H14BrN5OS. The summed E-state index contributed by atoms with van der Waals surface area (Å²) >= 11 is 4.87. The lowest BCUT2D eigenvalue weighted by Gasteiger charge is -2.08. The minimum atomic E-state index is -0.0203. The first-order valence-corrected chi connectivity index (χ1v) is 8.37. The lowest BCUT2D eigenvalue weighted by atomic mass is 10.2. The average Bonchev–Trinajstić information content (AvgIpc) is 3.02. The molecule has 0 radical (unpaired) electrons. The third-order valence-corrected chi connectivity index (χ3v) is 4.67. The Morgan fingerprint density at radius 1 is 1.36 bits per heavy atom. The van der Waals surface area contributed by atoms with E-state index in [0.29, 0.717) is 12.8 Å². The van der Waals surface area contributed by atoms with Crippen molar-refractivity contribution >= 4 is 43.8 Å². The van der Waals surface area contributed by atoms with Crippen molar-refractivity contribution in [3.05, 3.63) is 39.1 Å². The van der Waals surface area contributed by atoms with Gasteiger partial charge in [-0.05, 0) is 37.6 Å². The van der Waals surface area contributed by atoms with E-state index >= 15 is 0 Å². The van der Waals surface area contributed by atoms with Gasteiger partial charge in [-0.25, -0.2) is 0 Å². The Hall–Kier alpha value is -1.80. The molecule has 0 bridgehead atoms. The molecule has 0 aliphatic carbocycles. The number of halogens is 1. The number of amides is 1. The number of hydrogen-bond acceptors (Lipinski definition) is 5. The van der Waals surface area contributed by atoms with Crippen LogP contribution in [-0.2, 0) is 11.2 Å². The number of aromatic nitrogens is 4. The van der Waals surface area contributed by atoms with Crippen LogP contribution in [0.5, 0.6) is 0 Å². The van der Waals surface area contributed by atoms with E-state index in [4.69, 9.17) is 0 Å². The third kappa shape index (κ3) is 3.17. The standard InChI is InChI=1S/C14H14BrN5OS/c1-8-7-10(15)3-4-11(8)16-12(21)5-6-13-19-20-9(2)17-18-14(20)22-13/h3-4,7H,5-6H2,1-2H3,(H,16,21). The fourth-order valence-corrected chi connectivity index (χ4v) is 3.41. The van der Waals surface area contributed by atoms with Crippen molar-refractivity contribution in [3.63, 3.8) is 0 Å². The van der Waals surface area contributed by atoms with Gasteiger partial charge in [-0.1, -0.05) is 27.3 Å². The maximum atomic E-state index is 12.1. The molecule has 6 nitrogen and oxygen atoms in total. The Labute approximate surface area is 139 Å². The van der Waals surface area contributed by atoms with Crippen molar-refractivity contribution in [1.29, 1.82) is 0 Å². The van der Waals surface area contributed by atoms with Gasteiger partial charge in [0.1, 0.15) is 5.01 Å². The number of hydrogen-bond donors (Lipinski definition) is 1. The summed E-state index contributed by atoms with van der Waals surface area (Å²) in [6.07, 6.45) is 0.980. The fourth-order valence-electron chi connectivity index (χ4n) is 2.06. The van der Waals surface area contributed by atoms with E-state index in [1.54, 1.807) is 4.52 Å². The second-order valence-corrected chi connectivity index (χ2v) is 6.90. The smallest absolute Gasteiger partial charge is 0.234 e. The van der Waals surface area contributed by atoms with E-state index in [1.807, 2.05) is 32.0 Å². The zero-order valence-electron chi connectivity index (χ0n) is 12.1. The summed E-state index contributed by atoms with van der Waals surface area (Å²) in [6.45, 7) is 3.82. The second-order valence-electron chi connectivity index (χ2n) is 4.94. The van der Waals surface area contributed by atoms with E-state index in [1.165, 1.54) is 11.3 Å². The van der Waals surface area contributed by atoms with Gasteiger partial charge in [0, 0.05) is 23.0 Å². The molecule has 2 aromatic heterocycles. The average molecular weight is 380 g/mol. The first-order valence-electron chi connectivity index (χ1n) is 6.76. The van der Waals surface area contributed by atoms with Crippen LogP contribution in [-0.4, -0.2) is 25.7 Å². The van der Waals surface area contributed by atoms with Gasteiger partial charge in [-0.15, -0.1) is 10.2 Å². The molecule has 1 N–H and O–H groups in total. The fraction of sp³-hybridized carbons (Fsp3) is 0.286. The summed E-state index contributed by atoms with van der Waals surface area (Å²) in [6, 6.07) is 5.78. The first kappa shape index (κ1) is 15.1. The van der Waals surface area contributed by atoms with Crippen molar-refractivity contribution in [2.45, 2.75) is 26.7 Å². The van der Waals surface area contributed by atoms with Crippen LogP contribution in [0.25, 0.3) is 4.96 Å². The topological polar surface area (TPSA) is 72.2 Å². The maximum absolute atomic E-state index is 12.1. The van der Waals surface area contributed by atoms with Gasteiger partial charge in [0.25, 0.3) is 0 Å². The molecule has 3 aromatic rings. The number of carbonyl (C=O) groups excluding carboxylic acids is 1. The number of benzene rings is 1. The summed E-state index contributed by atoms with van der Waals surface area (Å²) < 4.78 is 2.70. The predicted octanol–water partition coefficient (Wildman–Crippen LogP) is 3.14. The van der Waals surface area contributed by atoms with Crippen LogP contribution in [0.4, 0.5) is 5.69 Å². The molecule has 3 rings (SSSR count). The normalized spacial score (nSPS) is 11.0. The largest absolute Gasteiger partial charge is 0.326 e. The van der Waals surface area contributed by atoms with Gasteiger partial charge in [0.2, 0.25) is 10.9 Å². The number of nitrogens with one attached hydrogen (secondary N) is 1. The van der Waals surface area contributed by atoms with Crippen molar-refractivity contribution in [2.24, 2.45) is 0 Å². The molecule has 2 heterocycles. The van der Waals surface area contributed by atoms with E-state index in [0.717, 1.165) is 31.5 Å². The van der Waals surface area contributed by atoms with Crippen LogP contribution < -0.4 is 5.32 Å². The summed E-state index contributed by atoms with van der Waals surface area (Å²) in [7, 11) is 0. The molecule has 0 atom stereocenters. The van der Waals surface area contributed by atoms with Crippen LogP contribution >= 0.6 is 27.3 Å². The highest BCUT2D eigenvalue weighted by Crippen LogP contribution is 2.20. The maximum Gasteiger partial charge on any atom is 0.234 e. The zero-order chi connectivity index (χ0) is 15.7. The van der Waals surface area contributed by atoms with Crippen LogP contribution in [0.3, 0.4) is 0 Å². The number of aryl methyl sites for hydroxylation is 3. The minimum absolute atomic E-state index is 0.0203. The van der Waals surface area contributed by atoms with Crippen molar-refractivity contribution in [3.8, 4) is 0 Å². The van der Waals surface area contributed by atoms with E-state index in [9.17, 15) is 4.79 Å². The minimum Gasteiger partial charge on any atom is -0.326 e. The number of nitrogens with zero attached hydrogens (tertiary/aromatic N) is 4. The monoisotopic (exact) mass is 379 g/mol. The highest BCUT2D eigenvalue weighted by molar-refractivity contribution is 9.10. The summed E-state index contributed by atoms with van der Waals surface area (Å²) in [5.41, 5.74) is 1.86. The molecule has 0 fully saturated rings. The van der Waals surface area contributed by atoms with Crippen molar-refractivity contribution < 1.29 is 4.79 Å². The van der Waals surface area contributed by atoms with E-state index in [2.05, 4.69) is 36.5 Å². The van der Waals surface area contributed by atoms with Crippen molar-refractivity contribution in [1.82, 2.24) is 19.8 Å². The van der Waals surface area contributed by atoms with Gasteiger partial charge < -0.3 is 5.32 Å². The lowest BCUT2D eigenvalue weighted by Crippen LogP contribution is -2.13. The molecule has 22 heavy (non-hydrogen) atoms. The molecule has 114 valence electrons. The predicted molar refractivity (Wildman–Crippen MR) is 89.2 cm³/mol. The van der Waals surface area contributed by atoms with Gasteiger partial charge in [0.15, 0.2) is 5.82 Å².